The highest BCUT2D eigenvalue weighted by molar-refractivity contribution is 6.32. The van der Waals surface area contributed by atoms with Gasteiger partial charge >= 0.3 is 0 Å². The Morgan fingerprint density at radius 3 is 2.49 bits per heavy atom. The van der Waals surface area contributed by atoms with Crippen LogP contribution in [-0.4, -0.2) is 20.4 Å². The Bertz CT molecular complexity index is 1560. The molecule has 9 heteroatoms. The number of hydrogen-bond acceptors (Lipinski definition) is 6. The van der Waals surface area contributed by atoms with Gasteiger partial charge in [-0.15, -0.1) is 0 Å². The molecule has 0 saturated heterocycles. The Morgan fingerprint density at radius 2 is 1.78 bits per heavy atom. The third-order valence-corrected chi connectivity index (χ3v) is 6.79. The molecule has 0 fully saturated rings. The maximum atomic E-state index is 9.91. The van der Waals surface area contributed by atoms with Crippen molar-refractivity contribution in [2.24, 2.45) is 0 Å². The van der Waals surface area contributed by atoms with Crippen molar-refractivity contribution >= 4 is 45.5 Å². The fourth-order valence-electron chi connectivity index (χ4n) is 4.42. The minimum Gasteiger partial charge on any atom is -0.377 e. The first-order valence-corrected chi connectivity index (χ1v) is 12.5. The van der Waals surface area contributed by atoms with Crippen molar-refractivity contribution in [3.63, 3.8) is 0 Å². The number of nitrogens with one attached hydrogen (secondary N) is 3. The molecule has 0 amide bonds. The number of fused-ring (bicyclic) bond motifs is 1. The van der Waals surface area contributed by atoms with Gasteiger partial charge < -0.3 is 10.6 Å². The first kappa shape index (κ1) is 24.6. The molecule has 2 heterocycles. The van der Waals surface area contributed by atoms with E-state index in [0.29, 0.717) is 38.2 Å². The Morgan fingerprint density at radius 1 is 1.00 bits per heavy atom. The third kappa shape index (κ3) is 5.08. The number of halogens is 2. The highest BCUT2D eigenvalue weighted by Crippen LogP contribution is 2.38. The quantitative estimate of drug-likeness (QED) is 0.195. The van der Waals surface area contributed by atoms with Crippen LogP contribution in [0, 0.1) is 11.3 Å². The van der Waals surface area contributed by atoms with Gasteiger partial charge in [0.1, 0.15) is 11.8 Å². The van der Waals surface area contributed by atoms with Crippen molar-refractivity contribution in [3.05, 3.63) is 112 Å². The lowest BCUT2D eigenvalue weighted by Gasteiger charge is -2.23. The molecule has 2 atom stereocenters. The van der Waals surface area contributed by atoms with Crippen LogP contribution in [0.2, 0.25) is 10.0 Å². The topological polar surface area (TPSA) is 102 Å². The lowest BCUT2D eigenvalue weighted by Crippen LogP contribution is -2.15. The summed E-state index contributed by atoms with van der Waals surface area (Å²) in [7, 11) is 0. The number of H-pyrrole nitrogens is 1. The lowest BCUT2D eigenvalue weighted by atomic mass is 10.0. The Hall–Kier alpha value is -4.12. The molecule has 0 saturated carbocycles. The fraction of sp³-hybridized carbons (Fsp3) is 0.143. The number of aromatic amines is 1. The van der Waals surface area contributed by atoms with Gasteiger partial charge in [0.15, 0.2) is 0 Å². The van der Waals surface area contributed by atoms with E-state index in [2.05, 4.69) is 56.2 Å². The first-order chi connectivity index (χ1) is 18.1. The van der Waals surface area contributed by atoms with Gasteiger partial charge in [-0.1, -0.05) is 78.7 Å². The van der Waals surface area contributed by atoms with Gasteiger partial charge in [0.25, 0.3) is 0 Å². The summed E-state index contributed by atoms with van der Waals surface area (Å²) in [5.41, 5.74) is 5.07. The maximum absolute atomic E-state index is 9.91. The van der Waals surface area contributed by atoms with Gasteiger partial charge in [0.2, 0.25) is 0 Å². The number of hydrogen-bond donors (Lipinski definition) is 3. The molecule has 5 rings (SSSR count). The summed E-state index contributed by atoms with van der Waals surface area (Å²) in [6.45, 7) is 2.10. The van der Waals surface area contributed by atoms with Crippen LogP contribution in [0.1, 0.15) is 47.8 Å². The van der Waals surface area contributed by atoms with Gasteiger partial charge in [-0.3, -0.25) is 4.98 Å². The molecule has 3 aromatic carbocycles. The molecule has 0 radical (unpaired) electrons. The van der Waals surface area contributed by atoms with E-state index in [1.54, 1.807) is 12.4 Å². The van der Waals surface area contributed by atoms with E-state index in [1.165, 1.54) is 0 Å². The smallest absolute Gasteiger partial charge is 0.109 e. The van der Waals surface area contributed by atoms with Crippen molar-refractivity contribution < 1.29 is 0 Å². The highest BCUT2D eigenvalue weighted by atomic mass is 35.5. The molecule has 0 bridgehead atoms. The minimum atomic E-state index is -0.421. The number of nitriles is 1. The van der Waals surface area contributed by atoms with E-state index in [-0.39, 0.29) is 6.04 Å². The van der Waals surface area contributed by atoms with Gasteiger partial charge in [0.05, 0.1) is 40.7 Å². The van der Waals surface area contributed by atoms with Gasteiger partial charge in [-0.2, -0.15) is 20.7 Å². The molecular formula is C28H23Cl2N7. The monoisotopic (exact) mass is 527 g/mol. The average Bonchev–Trinajstić information content (AvgIpc) is 3.46. The predicted molar refractivity (Wildman–Crippen MR) is 148 cm³/mol. The van der Waals surface area contributed by atoms with E-state index in [0.717, 1.165) is 22.9 Å². The zero-order chi connectivity index (χ0) is 25.8. The van der Waals surface area contributed by atoms with Crippen LogP contribution < -0.4 is 10.6 Å². The number of benzene rings is 3. The van der Waals surface area contributed by atoms with Crippen molar-refractivity contribution in [3.8, 4) is 6.07 Å². The highest BCUT2D eigenvalue weighted by Gasteiger charge is 2.23. The second kappa shape index (κ2) is 10.9. The van der Waals surface area contributed by atoms with Crippen LogP contribution in [0.25, 0.3) is 10.9 Å². The minimum absolute atomic E-state index is 0.000273. The molecule has 0 aliphatic heterocycles. The SMILES string of the molecule is CC[C@@H](Nc1c(C#N)cnc2c(N[C@H](c3cn[nH]n3)c3ccccc3Cl)cc(Cl)cc12)c1ccccc1. The summed E-state index contributed by atoms with van der Waals surface area (Å²) in [5, 5.41) is 29.8. The van der Waals surface area contributed by atoms with Crippen LogP contribution in [0.15, 0.2) is 79.1 Å². The molecule has 0 spiro atoms. The zero-order valence-corrected chi connectivity index (χ0v) is 21.4. The van der Waals surface area contributed by atoms with Crippen molar-refractivity contribution in [2.45, 2.75) is 25.4 Å². The maximum Gasteiger partial charge on any atom is 0.109 e. The number of rotatable bonds is 8. The molecule has 184 valence electrons. The normalized spacial score (nSPS) is 12.6. The average molecular weight is 528 g/mol. The lowest BCUT2D eigenvalue weighted by molar-refractivity contribution is 0.750. The van der Waals surface area contributed by atoms with Crippen LogP contribution in [0.3, 0.4) is 0 Å². The molecule has 0 aliphatic rings. The number of nitrogens with zero attached hydrogens (tertiary/aromatic N) is 4. The molecule has 37 heavy (non-hydrogen) atoms. The van der Waals surface area contributed by atoms with Crippen LogP contribution in [0.4, 0.5) is 11.4 Å². The summed E-state index contributed by atoms with van der Waals surface area (Å²) in [5.74, 6) is 0. The molecule has 0 aliphatic carbocycles. The van der Waals surface area contributed by atoms with Crippen LogP contribution >= 0.6 is 23.2 Å². The Balaban J connectivity index is 1.63. The first-order valence-electron chi connectivity index (χ1n) is 11.8. The van der Waals surface area contributed by atoms with Crippen LogP contribution in [0.5, 0.6) is 0 Å². The van der Waals surface area contributed by atoms with E-state index in [4.69, 9.17) is 23.2 Å². The number of pyridine rings is 1. The second-order valence-corrected chi connectivity index (χ2v) is 9.36. The summed E-state index contributed by atoms with van der Waals surface area (Å²) in [4.78, 5) is 4.65. The summed E-state index contributed by atoms with van der Waals surface area (Å²) in [6, 6.07) is 23.2. The second-order valence-electron chi connectivity index (χ2n) is 8.52. The molecule has 2 aromatic heterocycles. The van der Waals surface area contributed by atoms with E-state index in [1.807, 2.05) is 54.6 Å². The molecule has 3 N–H and O–H groups in total. The van der Waals surface area contributed by atoms with Crippen molar-refractivity contribution in [1.82, 2.24) is 20.4 Å². The molecule has 0 unspecified atom stereocenters. The number of anilines is 2. The van der Waals surface area contributed by atoms with Crippen molar-refractivity contribution in [1.29, 1.82) is 5.26 Å². The summed E-state index contributed by atoms with van der Waals surface area (Å²) in [6.07, 6.45) is 4.06. The number of aromatic nitrogens is 4. The Labute approximate surface area is 224 Å². The van der Waals surface area contributed by atoms with E-state index < -0.39 is 6.04 Å². The molecule has 7 nitrogen and oxygen atoms in total. The van der Waals surface area contributed by atoms with Crippen LogP contribution in [-0.2, 0) is 0 Å². The summed E-state index contributed by atoms with van der Waals surface area (Å²) < 4.78 is 0. The largest absolute Gasteiger partial charge is 0.377 e. The zero-order valence-electron chi connectivity index (χ0n) is 19.9. The fourth-order valence-corrected chi connectivity index (χ4v) is 4.89. The third-order valence-electron chi connectivity index (χ3n) is 6.23. The predicted octanol–water partition coefficient (Wildman–Crippen LogP) is 7.30. The summed E-state index contributed by atoms with van der Waals surface area (Å²) >= 11 is 13.2. The van der Waals surface area contributed by atoms with Gasteiger partial charge in [-0.05, 0) is 35.7 Å². The standard InChI is InChI=1S/C28H23Cl2N7/c1-2-23(17-8-4-3-5-9-17)34-26-18(14-31)15-32-27-21(26)12-19(29)13-24(27)35-28(25-16-33-37-36-25)20-10-6-7-11-22(20)30/h3-13,15-16,23,28,35H,2H2,1H3,(H,32,34)(H,33,36,37)/t23-,28+/m1/s1. The van der Waals surface area contributed by atoms with Gasteiger partial charge in [-0.25, -0.2) is 0 Å². The molecular weight excluding hydrogens is 505 g/mol. The molecule has 5 aromatic rings. The van der Waals surface area contributed by atoms with Gasteiger partial charge in [0, 0.05) is 21.6 Å². The van der Waals surface area contributed by atoms with Crippen molar-refractivity contribution in [2.75, 3.05) is 10.6 Å². The Kier molecular flexibility index (Phi) is 7.22. The van der Waals surface area contributed by atoms with E-state index in [9.17, 15) is 5.26 Å². The van der Waals surface area contributed by atoms with E-state index >= 15 is 0 Å².